The summed E-state index contributed by atoms with van der Waals surface area (Å²) in [5.74, 6) is 0. The Balaban J connectivity index is -0.000000180. The number of hydrogen-bond acceptors (Lipinski definition) is 0. The van der Waals surface area contributed by atoms with Gasteiger partial charge in [-0.1, -0.05) is 38.9 Å². The Hall–Kier alpha value is 0.814. The van der Waals surface area contributed by atoms with Crippen LogP contribution in [0, 0.1) is 0 Å². The van der Waals surface area contributed by atoms with Gasteiger partial charge in [0, 0.05) is 8.80 Å². The molecule has 0 aliphatic carbocycles. The van der Waals surface area contributed by atoms with Gasteiger partial charge in [0.25, 0.3) is 0 Å². The molecule has 0 bridgehead atoms. The minimum absolute atomic E-state index is 0. The fraction of sp³-hybridized carbons (Fsp3) is 1.00. The molecule has 0 unspecified atom stereocenters. The summed E-state index contributed by atoms with van der Waals surface area (Å²) in [4.78, 5) is 0. The smallest absolute Gasteiger partial charge is 1.00 e. The van der Waals surface area contributed by atoms with E-state index in [1.807, 2.05) is 0 Å². The standard InChI is InChI=1S/C6H16Si.Li.H/c1-4-7(5-2)6-3;;/h7H,4-6H2,1-3H3;;/q;+1;-1. The van der Waals surface area contributed by atoms with E-state index in [0.29, 0.717) is 0 Å². The van der Waals surface area contributed by atoms with Crippen molar-refractivity contribution in [3.05, 3.63) is 0 Å². The van der Waals surface area contributed by atoms with Crippen LogP contribution in [0.25, 0.3) is 0 Å². The molecule has 0 aromatic carbocycles. The van der Waals surface area contributed by atoms with Crippen LogP contribution in [0.5, 0.6) is 0 Å². The van der Waals surface area contributed by atoms with Gasteiger partial charge in [-0.3, -0.25) is 0 Å². The summed E-state index contributed by atoms with van der Waals surface area (Å²) < 4.78 is 0. The van der Waals surface area contributed by atoms with Crippen molar-refractivity contribution < 1.29 is 20.3 Å². The van der Waals surface area contributed by atoms with E-state index in [9.17, 15) is 0 Å². The molecule has 0 aliphatic heterocycles. The fourth-order valence-electron chi connectivity index (χ4n) is 0.866. The molecule has 0 aliphatic rings. The van der Waals surface area contributed by atoms with Crippen LogP contribution in [0.15, 0.2) is 0 Å². The topological polar surface area (TPSA) is 0 Å². The van der Waals surface area contributed by atoms with Gasteiger partial charge in [0.15, 0.2) is 0 Å². The maximum Gasteiger partial charge on any atom is 1.00 e. The summed E-state index contributed by atoms with van der Waals surface area (Å²) in [6.07, 6.45) is 0. The van der Waals surface area contributed by atoms with Gasteiger partial charge in [0.1, 0.15) is 0 Å². The molecule has 0 rings (SSSR count). The van der Waals surface area contributed by atoms with Crippen molar-refractivity contribution in [2.45, 2.75) is 38.9 Å². The molecule has 46 valence electrons. The van der Waals surface area contributed by atoms with Crippen molar-refractivity contribution in [1.29, 1.82) is 0 Å². The average Bonchev–Trinajstić information content (AvgIpc) is 1.72. The normalized spacial score (nSPS) is 9.00. The zero-order valence-electron chi connectivity index (χ0n) is 7.70. The van der Waals surface area contributed by atoms with Crippen molar-refractivity contribution in [3.8, 4) is 0 Å². The Morgan fingerprint density at radius 3 is 1.25 bits per heavy atom. The summed E-state index contributed by atoms with van der Waals surface area (Å²) in [7, 11) is -0.171. The molecule has 0 aromatic rings. The maximum absolute atomic E-state index is 2.32. The molecule has 0 radical (unpaired) electrons. The van der Waals surface area contributed by atoms with Gasteiger partial charge in [-0.15, -0.1) is 0 Å². The van der Waals surface area contributed by atoms with Gasteiger partial charge in [-0.2, -0.15) is 0 Å². The van der Waals surface area contributed by atoms with Crippen molar-refractivity contribution in [1.82, 2.24) is 0 Å². The second kappa shape index (κ2) is 7.81. The Morgan fingerprint density at radius 1 is 1.00 bits per heavy atom. The largest absolute Gasteiger partial charge is 1.00 e. The predicted molar refractivity (Wildman–Crippen MR) is 39.7 cm³/mol. The molecule has 2 heteroatoms. The van der Waals surface area contributed by atoms with Gasteiger partial charge in [0.2, 0.25) is 0 Å². The summed E-state index contributed by atoms with van der Waals surface area (Å²) >= 11 is 0. The minimum Gasteiger partial charge on any atom is -1.00 e. The van der Waals surface area contributed by atoms with Crippen LogP contribution in [0.3, 0.4) is 0 Å². The average molecular weight is 124 g/mol. The van der Waals surface area contributed by atoms with Crippen molar-refractivity contribution in [2.75, 3.05) is 0 Å². The summed E-state index contributed by atoms with van der Waals surface area (Å²) in [6.45, 7) is 6.97. The molecule has 0 amide bonds. The molecule has 0 spiro atoms. The van der Waals surface area contributed by atoms with E-state index in [1.54, 1.807) is 0 Å². The van der Waals surface area contributed by atoms with Gasteiger partial charge < -0.3 is 1.43 Å². The first-order valence-electron chi connectivity index (χ1n) is 3.35. The third-order valence-electron chi connectivity index (χ3n) is 1.73. The van der Waals surface area contributed by atoms with Crippen LogP contribution in [-0.4, -0.2) is 8.80 Å². The molecule has 0 atom stereocenters. The van der Waals surface area contributed by atoms with Crippen LogP contribution < -0.4 is 18.9 Å². The number of hydrogen-bond donors (Lipinski definition) is 0. The Morgan fingerprint density at radius 2 is 1.25 bits per heavy atom. The molecule has 0 aromatic heterocycles. The first-order chi connectivity index (χ1) is 3.35. The van der Waals surface area contributed by atoms with Crippen LogP contribution in [0.4, 0.5) is 0 Å². The minimum atomic E-state index is -0.171. The summed E-state index contributed by atoms with van der Waals surface area (Å²) in [5.41, 5.74) is 0. The Kier molecular flexibility index (Phi) is 11.3. The van der Waals surface area contributed by atoms with E-state index in [2.05, 4.69) is 20.8 Å². The van der Waals surface area contributed by atoms with Crippen molar-refractivity contribution in [2.24, 2.45) is 0 Å². The van der Waals surface area contributed by atoms with Gasteiger partial charge in [0.05, 0.1) is 0 Å². The maximum atomic E-state index is 2.32. The molecule has 8 heavy (non-hydrogen) atoms. The SMILES string of the molecule is CC[SiH](CC)CC.[H-].[Li+]. The van der Waals surface area contributed by atoms with E-state index in [-0.39, 0.29) is 29.1 Å². The van der Waals surface area contributed by atoms with Gasteiger partial charge in [-0.05, 0) is 0 Å². The molecule has 0 saturated carbocycles. The van der Waals surface area contributed by atoms with E-state index in [4.69, 9.17) is 0 Å². The molecule has 0 heterocycles. The van der Waals surface area contributed by atoms with E-state index < -0.39 is 0 Å². The van der Waals surface area contributed by atoms with Crippen LogP contribution in [0.2, 0.25) is 18.1 Å². The fourth-order valence-corrected chi connectivity index (χ4v) is 2.60. The molecular weight excluding hydrogens is 107 g/mol. The quantitative estimate of drug-likeness (QED) is 0.440. The van der Waals surface area contributed by atoms with Crippen LogP contribution in [0.1, 0.15) is 22.2 Å². The summed E-state index contributed by atoms with van der Waals surface area (Å²) in [5, 5.41) is 0. The summed E-state index contributed by atoms with van der Waals surface area (Å²) in [6, 6.07) is 4.48. The zero-order valence-corrected chi connectivity index (χ0v) is 7.85. The Labute approximate surface area is 68.3 Å². The molecule has 0 nitrogen and oxygen atoms in total. The third kappa shape index (κ3) is 4.96. The van der Waals surface area contributed by atoms with E-state index in [1.165, 1.54) is 18.1 Å². The Bertz CT molecular complexity index is 34.5. The second-order valence-corrected chi connectivity index (χ2v) is 6.27. The zero-order chi connectivity index (χ0) is 5.70. The first-order valence-corrected chi connectivity index (χ1v) is 5.80. The monoisotopic (exact) mass is 124 g/mol. The van der Waals surface area contributed by atoms with Gasteiger partial charge >= 0.3 is 18.9 Å². The number of rotatable bonds is 3. The second-order valence-electron chi connectivity index (χ2n) is 2.09. The molecular formula is C6H17LiSi. The van der Waals surface area contributed by atoms with E-state index in [0.717, 1.165) is 0 Å². The van der Waals surface area contributed by atoms with E-state index >= 15 is 0 Å². The molecule has 0 fully saturated rings. The molecule has 0 saturated heterocycles. The third-order valence-corrected chi connectivity index (χ3v) is 5.20. The van der Waals surface area contributed by atoms with Crippen LogP contribution >= 0.6 is 0 Å². The van der Waals surface area contributed by atoms with Crippen molar-refractivity contribution >= 4 is 8.80 Å². The van der Waals surface area contributed by atoms with Gasteiger partial charge in [-0.25, -0.2) is 0 Å². The predicted octanol–water partition coefficient (Wildman–Crippen LogP) is -0.610. The molecule has 0 N–H and O–H groups in total. The first kappa shape index (κ1) is 11.6. The van der Waals surface area contributed by atoms with Crippen molar-refractivity contribution in [3.63, 3.8) is 0 Å². The van der Waals surface area contributed by atoms with Crippen LogP contribution in [-0.2, 0) is 0 Å².